The van der Waals surface area contributed by atoms with Crippen LogP contribution in [-0.4, -0.2) is 50.5 Å². The number of rotatable bonds is 7. The molecule has 2 N–H and O–H groups in total. The van der Waals surface area contributed by atoms with E-state index in [1.54, 1.807) is 25.4 Å². The second-order valence-electron chi connectivity index (χ2n) is 6.49. The summed E-state index contributed by atoms with van der Waals surface area (Å²) in [6.07, 6.45) is 2.76. The number of amides is 1. The van der Waals surface area contributed by atoms with Crippen molar-refractivity contribution in [2.75, 3.05) is 30.5 Å². The number of methoxy groups -OCH3 is 1. The third-order valence-corrected chi connectivity index (χ3v) is 6.24. The fourth-order valence-electron chi connectivity index (χ4n) is 3.10. The average Bonchev–Trinajstić information content (AvgIpc) is 3.00. The first-order valence-corrected chi connectivity index (χ1v) is 10.6. The van der Waals surface area contributed by atoms with Crippen LogP contribution in [0.25, 0.3) is 0 Å². The normalized spacial score (nSPS) is 18.0. The SMILES string of the molecule is COc1ccccc1CCNC(=O)c1cc(NC2CCS(=O)(=O)C2)ccn1. The first-order valence-electron chi connectivity index (χ1n) is 8.80. The minimum absolute atomic E-state index is 0.121. The second-order valence-corrected chi connectivity index (χ2v) is 8.72. The molecule has 0 saturated carbocycles. The van der Waals surface area contributed by atoms with Crippen LogP contribution in [0.5, 0.6) is 5.75 Å². The Hall–Kier alpha value is -2.61. The van der Waals surface area contributed by atoms with E-state index in [0.29, 0.717) is 30.8 Å². The van der Waals surface area contributed by atoms with E-state index >= 15 is 0 Å². The van der Waals surface area contributed by atoms with Gasteiger partial charge in [0.1, 0.15) is 11.4 Å². The zero-order chi connectivity index (χ0) is 19.3. The number of sulfone groups is 1. The van der Waals surface area contributed by atoms with Crippen LogP contribution in [0, 0.1) is 0 Å². The van der Waals surface area contributed by atoms with E-state index < -0.39 is 9.84 Å². The summed E-state index contributed by atoms with van der Waals surface area (Å²) in [6, 6.07) is 10.9. The molecule has 2 aromatic rings. The lowest BCUT2D eigenvalue weighted by molar-refractivity contribution is 0.0949. The highest BCUT2D eigenvalue weighted by Crippen LogP contribution is 2.18. The molecule has 3 rings (SSSR count). The number of hydrogen-bond donors (Lipinski definition) is 2. The van der Waals surface area contributed by atoms with Gasteiger partial charge in [0.25, 0.3) is 5.91 Å². The van der Waals surface area contributed by atoms with Gasteiger partial charge in [-0.15, -0.1) is 0 Å². The number of anilines is 1. The second kappa shape index (κ2) is 8.39. The van der Waals surface area contributed by atoms with Crippen LogP contribution >= 0.6 is 0 Å². The molecule has 0 bridgehead atoms. The molecule has 1 amide bonds. The van der Waals surface area contributed by atoms with E-state index in [1.165, 1.54) is 0 Å². The molecule has 1 aliphatic rings. The third kappa shape index (κ3) is 5.19. The third-order valence-electron chi connectivity index (χ3n) is 4.47. The lowest BCUT2D eigenvalue weighted by Crippen LogP contribution is -2.27. The lowest BCUT2D eigenvalue weighted by atomic mass is 10.1. The molecule has 7 nitrogen and oxygen atoms in total. The molecule has 27 heavy (non-hydrogen) atoms. The van der Waals surface area contributed by atoms with E-state index in [1.807, 2.05) is 24.3 Å². The highest BCUT2D eigenvalue weighted by Gasteiger charge is 2.27. The summed E-state index contributed by atoms with van der Waals surface area (Å²) in [5.74, 6) is 0.845. The number of nitrogens with one attached hydrogen (secondary N) is 2. The Labute approximate surface area is 159 Å². The zero-order valence-corrected chi connectivity index (χ0v) is 16.0. The minimum atomic E-state index is -2.95. The maximum Gasteiger partial charge on any atom is 0.269 e. The number of hydrogen-bond acceptors (Lipinski definition) is 6. The van der Waals surface area contributed by atoms with Crippen molar-refractivity contribution >= 4 is 21.4 Å². The van der Waals surface area contributed by atoms with Gasteiger partial charge < -0.3 is 15.4 Å². The summed E-state index contributed by atoms with van der Waals surface area (Å²) >= 11 is 0. The van der Waals surface area contributed by atoms with Crippen LogP contribution in [0.4, 0.5) is 5.69 Å². The Balaban J connectivity index is 1.55. The number of nitrogens with zero attached hydrogens (tertiary/aromatic N) is 1. The van der Waals surface area contributed by atoms with Gasteiger partial charge in [-0.05, 0) is 36.6 Å². The van der Waals surface area contributed by atoms with Gasteiger partial charge in [-0.25, -0.2) is 8.42 Å². The maximum absolute atomic E-state index is 12.4. The van der Waals surface area contributed by atoms with Crippen molar-refractivity contribution < 1.29 is 17.9 Å². The van der Waals surface area contributed by atoms with Gasteiger partial charge in [0.15, 0.2) is 9.84 Å². The highest BCUT2D eigenvalue weighted by molar-refractivity contribution is 7.91. The topological polar surface area (TPSA) is 97.4 Å². The van der Waals surface area contributed by atoms with Crippen molar-refractivity contribution in [3.8, 4) is 5.75 Å². The van der Waals surface area contributed by atoms with Crippen LogP contribution in [0.3, 0.4) is 0 Å². The van der Waals surface area contributed by atoms with Crippen LogP contribution in [0.1, 0.15) is 22.5 Å². The Kier molecular flexibility index (Phi) is 5.95. The van der Waals surface area contributed by atoms with Gasteiger partial charge in [0, 0.05) is 24.5 Å². The largest absolute Gasteiger partial charge is 0.496 e. The molecule has 1 unspecified atom stereocenters. The number of carbonyl (C=O) groups excluding carboxylic acids is 1. The molecule has 0 radical (unpaired) electrons. The highest BCUT2D eigenvalue weighted by atomic mass is 32.2. The van der Waals surface area contributed by atoms with Gasteiger partial charge in [-0.2, -0.15) is 0 Å². The van der Waals surface area contributed by atoms with Crippen molar-refractivity contribution in [2.45, 2.75) is 18.9 Å². The fourth-order valence-corrected chi connectivity index (χ4v) is 4.77. The minimum Gasteiger partial charge on any atom is -0.496 e. The molecular weight excluding hydrogens is 366 g/mol. The number of ether oxygens (including phenoxy) is 1. The molecule has 144 valence electrons. The average molecular weight is 389 g/mol. The number of benzene rings is 1. The van der Waals surface area contributed by atoms with Gasteiger partial charge in [-0.3, -0.25) is 9.78 Å². The number of carbonyl (C=O) groups is 1. The summed E-state index contributed by atoms with van der Waals surface area (Å²) < 4.78 is 28.4. The Morgan fingerprint density at radius 2 is 2.11 bits per heavy atom. The van der Waals surface area contributed by atoms with Crippen LogP contribution in [-0.2, 0) is 16.3 Å². The van der Waals surface area contributed by atoms with E-state index in [-0.39, 0.29) is 23.5 Å². The quantitative estimate of drug-likeness (QED) is 0.748. The summed E-state index contributed by atoms with van der Waals surface area (Å²) in [5, 5.41) is 6.03. The van der Waals surface area contributed by atoms with Crippen molar-refractivity contribution in [1.29, 1.82) is 0 Å². The van der Waals surface area contributed by atoms with E-state index in [2.05, 4.69) is 15.6 Å². The van der Waals surface area contributed by atoms with Crippen LogP contribution < -0.4 is 15.4 Å². The van der Waals surface area contributed by atoms with Crippen LogP contribution in [0.2, 0.25) is 0 Å². The van der Waals surface area contributed by atoms with E-state index in [9.17, 15) is 13.2 Å². The maximum atomic E-state index is 12.4. The molecule has 1 atom stereocenters. The first-order chi connectivity index (χ1) is 13.0. The molecule has 1 aromatic heterocycles. The molecule has 2 heterocycles. The number of pyridine rings is 1. The molecular formula is C19H23N3O4S. The Bertz CT molecular complexity index is 915. The molecule has 8 heteroatoms. The molecule has 0 aliphatic carbocycles. The summed E-state index contributed by atoms with van der Waals surface area (Å²) in [4.78, 5) is 16.5. The summed E-state index contributed by atoms with van der Waals surface area (Å²) in [5.41, 5.74) is 2.01. The van der Waals surface area contributed by atoms with Gasteiger partial charge in [0.05, 0.1) is 18.6 Å². The Morgan fingerprint density at radius 3 is 2.85 bits per heavy atom. The molecule has 0 spiro atoms. The summed E-state index contributed by atoms with van der Waals surface area (Å²) in [7, 11) is -1.33. The van der Waals surface area contributed by atoms with Gasteiger partial charge in [0.2, 0.25) is 0 Å². The monoisotopic (exact) mass is 389 g/mol. The predicted octanol–water partition coefficient (Wildman–Crippen LogP) is 1.66. The van der Waals surface area contributed by atoms with E-state index in [4.69, 9.17) is 4.74 Å². The number of aromatic nitrogens is 1. The molecule has 1 aromatic carbocycles. The lowest BCUT2D eigenvalue weighted by Gasteiger charge is -2.13. The van der Waals surface area contributed by atoms with E-state index in [0.717, 1.165) is 11.3 Å². The van der Waals surface area contributed by atoms with Crippen molar-refractivity contribution in [2.24, 2.45) is 0 Å². The Morgan fingerprint density at radius 1 is 1.30 bits per heavy atom. The zero-order valence-electron chi connectivity index (χ0n) is 15.1. The van der Waals surface area contributed by atoms with Crippen molar-refractivity contribution in [3.05, 3.63) is 53.9 Å². The molecule has 1 saturated heterocycles. The smallest absolute Gasteiger partial charge is 0.269 e. The van der Waals surface area contributed by atoms with Crippen molar-refractivity contribution in [1.82, 2.24) is 10.3 Å². The van der Waals surface area contributed by atoms with Gasteiger partial charge >= 0.3 is 0 Å². The standard InChI is InChI=1S/C19H23N3O4S/c1-26-18-5-3-2-4-14(18)6-9-21-19(23)17-12-15(7-10-20-17)22-16-8-11-27(24,25)13-16/h2-5,7,10,12,16H,6,8-9,11,13H2,1H3,(H,20,22)(H,21,23). The van der Waals surface area contributed by atoms with Crippen LogP contribution in [0.15, 0.2) is 42.6 Å². The molecule has 1 aliphatic heterocycles. The number of para-hydroxylation sites is 1. The van der Waals surface area contributed by atoms with Crippen molar-refractivity contribution in [3.63, 3.8) is 0 Å². The fraction of sp³-hybridized carbons (Fsp3) is 0.368. The first kappa shape index (κ1) is 19.2. The van der Waals surface area contributed by atoms with Gasteiger partial charge in [-0.1, -0.05) is 18.2 Å². The molecule has 1 fully saturated rings. The predicted molar refractivity (Wildman–Crippen MR) is 104 cm³/mol. The summed E-state index contributed by atoms with van der Waals surface area (Å²) in [6.45, 7) is 0.458.